The molecule has 0 saturated carbocycles. The second-order valence-electron chi connectivity index (χ2n) is 22.2. The lowest BCUT2D eigenvalue weighted by molar-refractivity contribution is 0.466. The Hall–Kier alpha value is -7.64. The van der Waals surface area contributed by atoms with Crippen LogP contribution in [0.2, 0.25) is 0 Å². The Labute approximate surface area is 464 Å². The lowest BCUT2D eigenvalue weighted by Crippen LogP contribution is -2.29. The third-order valence-corrected chi connectivity index (χ3v) is 22.7. The molecule has 0 bridgehead atoms. The molecule has 0 unspecified atom stereocenters. The van der Waals surface area contributed by atoms with Crippen LogP contribution in [-0.4, -0.2) is 57.0 Å². The van der Waals surface area contributed by atoms with Crippen LogP contribution in [-0.2, 0) is 36.5 Å². The van der Waals surface area contributed by atoms with E-state index in [2.05, 4.69) is 208 Å². The predicted molar refractivity (Wildman–Crippen MR) is 330 cm³/mol. The number of phenolic OH excluding ortho intramolecular Hbond substituents is 4. The van der Waals surface area contributed by atoms with E-state index >= 15 is 0 Å². The normalized spacial score (nSPS) is 14.2. The molecule has 0 aromatic heterocycles. The highest BCUT2D eigenvalue weighted by molar-refractivity contribution is 8.33. The molecule has 11 rings (SSSR count). The zero-order valence-corrected chi connectivity index (χ0v) is 46.9. The highest BCUT2D eigenvalue weighted by Gasteiger charge is 2.48. The first kappa shape index (κ1) is 52.4. The minimum Gasteiger partial charge on any atom is -0.508 e. The molecule has 0 fully saturated rings. The van der Waals surface area contributed by atoms with Crippen molar-refractivity contribution in [3.05, 3.63) is 286 Å². The van der Waals surface area contributed by atoms with E-state index in [-0.39, 0.29) is 11.5 Å². The molecular formula is C72H70O4S2. The molecule has 9 aromatic carbocycles. The van der Waals surface area contributed by atoms with Gasteiger partial charge in [0.2, 0.25) is 0 Å². The SMILES string of the molecule is C=CCc1cc(C2(c3ccc(O)c(CCCS(C)(C)c4ccc(S(C)(C)CCCc5cc(C6(c7ccc(O)c(CC=C)c7)c7ccccc7-c7ccccc76)ccc5O)cc4)c3)c3ccccc3-c3ccccc32)ccc1O. The maximum Gasteiger partial charge on any atom is 0.119 e. The molecule has 78 heavy (non-hydrogen) atoms. The van der Waals surface area contributed by atoms with Gasteiger partial charge < -0.3 is 20.4 Å². The number of benzene rings is 9. The minimum absolute atomic E-state index is 0.263. The van der Waals surface area contributed by atoms with Crippen molar-refractivity contribution in [2.24, 2.45) is 0 Å². The molecule has 4 nitrogen and oxygen atoms in total. The molecular weight excluding hydrogens is 993 g/mol. The van der Waals surface area contributed by atoms with Gasteiger partial charge in [0.1, 0.15) is 23.0 Å². The van der Waals surface area contributed by atoms with E-state index in [9.17, 15) is 20.4 Å². The summed E-state index contributed by atoms with van der Waals surface area (Å²) in [5, 5.41) is 44.9. The van der Waals surface area contributed by atoms with E-state index in [0.717, 1.165) is 81.7 Å². The lowest BCUT2D eigenvalue weighted by atomic mass is 9.67. The molecule has 2 aliphatic rings. The first-order chi connectivity index (χ1) is 37.7. The van der Waals surface area contributed by atoms with Crippen molar-refractivity contribution < 1.29 is 20.4 Å². The van der Waals surface area contributed by atoms with Crippen LogP contribution in [0, 0.1) is 0 Å². The Morgan fingerprint density at radius 2 is 0.628 bits per heavy atom. The predicted octanol–water partition coefficient (Wildman–Crippen LogP) is 16.8. The quantitative estimate of drug-likeness (QED) is 0.0646. The fraction of sp³-hybridized carbons (Fsp3) is 0.194. The number of fused-ring (bicyclic) bond motifs is 6. The average molecular weight is 1060 g/mol. The Balaban J connectivity index is 0.807. The van der Waals surface area contributed by atoms with Gasteiger partial charge in [0.15, 0.2) is 0 Å². The minimum atomic E-state index is -1.17. The van der Waals surface area contributed by atoms with Crippen molar-refractivity contribution in [2.45, 2.75) is 59.1 Å². The van der Waals surface area contributed by atoms with E-state index < -0.39 is 30.9 Å². The van der Waals surface area contributed by atoms with Crippen LogP contribution in [0.15, 0.2) is 229 Å². The topological polar surface area (TPSA) is 80.9 Å². The van der Waals surface area contributed by atoms with Crippen LogP contribution < -0.4 is 0 Å². The van der Waals surface area contributed by atoms with Crippen molar-refractivity contribution in [1.82, 2.24) is 0 Å². The third kappa shape index (κ3) is 8.93. The number of allylic oxidation sites excluding steroid dienone is 2. The van der Waals surface area contributed by atoms with Gasteiger partial charge in [0, 0.05) is 0 Å². The summed E-state index contributed by atoms with van der Waals surface area (Å²) in [6.45, 7) is 7.95. The third-order valence-electron chi connectivity index (χ3n) is 17.0. The van der Waals surface area contributed by atoms with Crippen molar-refractivity contribution in [2.75, 3.05) is 36.5 Å². The van der Waals surface area contributed by atoms with Gasteiger partial charge in [0.25, 0.3) is 0 Å². The van der Waals surface area contributed by atoms with Crippen molar-refractivity contribution in [3.63, 3.8) is 0 Å². The molecule has 0 saturated heterocycles. The molecule has 9 aromatic rings. The van der Waals surface area contributed by atoms with Gasteiger partial charge in [-0.25, -0.2) is 20.1 Å². The first-order valence-electron chi connectivity index (χ1n) is 27.1. The zero-order valence-electron chi connectivity index (χ0n) is 45.3. The van der Waals surface area contributed by atoms with Crippen LogP contribution in [0.1, 0.15) is 79.6 Å². The number of hydrogen-bond donors (Lipinski definition) is 4. The lowest BCUT2D eigenvalue weighted by Gasteiger charge is -2.35. The maximum absolute atomic E-state index is 11.5. The molecule has 6 heteroatoms. The van der Waals surface area contributed by atoms with E-state index in [1.165, 1.54) is 54.3 Å². The monoisotopic (exact) mass is 1060 g/mol. The van der Waals surface area contributed by atoms with Gasteiger partial charge in [-0.2, -0.15) is 0 Å². The molecule has 394 valence electrons. The average Bonchev–Trinajstić information content (AvgIpc) is 3.96. The smallest absolute Gasteiger partial charge is 0.119 e. The van der Waals surface area contributed by atoms with Crippen molar-refractivity contribution in [3.8, 4) is 45.3 Å². The number of rotatable bonds is 18. The van der Waals surface area contributed by atoms with Gasteiger partial charge in [-0.1, -0.05) is 158 Å². The fourth-order valence-corrected chi connectivity index (χ4v) is 17.0. The van der Waals surface area contributed by atoms with Gasteiger partial charge >= 0.3 is 0 Å². The molecule has 4 N–H and O–H groups in total. The molecule has 0 spiro atoms. The number of phenols is 4. The highest BCUT2D eigenvalue weighted by Crippen LogP contribution is 2.59. The standard InChI is InChI=1S/C72H70O4S2/c1-7-19-49-45-53(31-39-67(49)73)71(63-27-13-9-23-59(63)60-24-10-14-28-64(60)71)55-33-41-69(75)51(47-55)21-17-43-77(3,4)57-35-37-58(38-36-57)78(5,6)44-18-22-52-48-56(34-42-70(52)76)72(54-32-40-68(74)50(46-54)20-8-2)65-29-15-11-25-61(65)62-26-12-16-30-66(62)72/h7-16,23-42,45-48,73-76H,1-2,17-22,43-44H2,3-6H3. The van der Waals surface area contributed by atoms with Crippen molar-refractivity contribution in [1.29, 1.82) is 0 Å². The number of aryl methyl sites for hydroxylation is 2. The summed E-state index contributed by atoms with van der Waals surface area (Å²) in [6, 6.07) is 68.6. The summed E-state index contributed by atoms with van der Waals surface area (Å²) in [5.41, 5.74) is 16.2. The summed E-state index contributed by atoms with van der Waals surface area (Å²) >= 11 is 0. The second kappa shape index (κ2) is 21.0. The largest absolute Gasteiger partial charge is 0.508 e. The Bertz CT molecular complexity index is 3420. The van der Waals surface area contributed by atoms with E-state index in [1.807, 2.05) is 36.4 Å². The van der Waals surface area contributed by atoms with Crippen LogP contribution in [0.3, 0.4) is 0 Å². The first-order valence-corrected chi connectivity index (χ1v) is 32.4. The Morgan fingerprint density at radius 3 is 0.923 bits per heavy atom. The summed E-state index contributed by atoms with van der Waals surface area (Å²) in [4.78, 5) is 2.77. The summed E-state index contributed by atoms with van der Waals surface area (Å²) in [5.74, 6) is 3.21. The Morgan fingerprint density at radius 1 is 0.359 bits per heavy atom. The summed E-state index contributed by atoms with van der Waals surface area (Å²) < 4.78 is 0. The zero-order chi connectivity index (χ0) is 54.4. The highest BCUT2D eigenvalue weighted by atomic mass is 32.3. The molecule has 0 aliphatic heterocycles. The van der Waals surface area contributed by atoms with Crippen LogP contribution in [0.4, 0.5) is 0 Å². The van der Waals surface area contributed by atoms with Gasteiger partial charge in [-0.15, -0.1) is 13.2 Å². The number of aromatic hydroxyl groups is 4. The van der Waals surface area contributed by atoms with Crippen LogP contribution >= 0.6 is 20.1 Å². The molecule has 2 aliphatic carbocycles. The second-order valence-corrected chi connectivity index (χ2v) is 30.1. The summed E-state index contributed by atoms with van der Waals surface area (Å²) in [6.07, 6.45) is 17.8. The molecule has 0 atom stereocenters. The molecule has 0 amide bonds. The van der Waals surface area contributed by atoms with Crippen LogP contribution in [0.5, 0.6) is 23.0 Å². The van der Waals surface area contributed by atoms with Crippen molar-refractivity contribution >= 4 is 20.1 Å². The van der Waals surface area contributed by atoms with E-state index in [4.69, 9.17) is 0 Å². The van der Waals surface area contributed by atoms with E-state index in [0.29, 0.717) is 24.3 Å². The number of hydrogen-bond acceptors (Lipinski definition) is 4. The van der Waals surface area contributed by atoms with E-state index in [1.54, 1.807) is 0 Å². The Kier molecular flexibility index (Phi) is 14.1. The summed E-state index contributed by atoms with van der Waals surface area (Å²) in [7, 11) is -2.34. The van der Waals surface area contributed by atoms with Gasteiger partial charge in [0.05, 0.1) is 10.8 Å². The fourth-order valence-electron chi connectivity index (χ4n) is 13.0. The molecule has 0 heterocycles. The molecule has 0 radical (unpaired) electrons. The van der Waals surface area contributed by atoms with Gasteiger partial charge in [-0.3, -0.25) is 0 Å². The maximum atomic E-state index is 11.5. The van der Waals surface area contributed by atoms with Gasteiger partial charge in [-0.05, 0) is 222 Å². The van der Waals surface area contributed by atoms with Crippen LogP contribution in [0.25, 0.3) is 22.3 Å².